The first-order chi connectivity index (χ1) is 40.5. The van der Waals surface area contributed by atoms with E-state index in [-0.39, 0.29) is 43.0 Å². The van der Waals surface area contributed by atoms with Gasteiger partial charge in [-0.1, -0.05) is 166 Å². The predicted molar refractivity (Wildman–Crippen MR) is 328 cm³/mol. The number of phenolic OH excluding ortho intramolecular Hbond substituents is 1. The maximum absolute atomic E-state index is 15.2. The Balaban J connectivity index is 1.13. The molecule has 6 aromatic carbocycles. The fourth-order valence-corrected chi connectivity index (χ4v) is 11.3. The van der Waals surface area contributed by atoms with Crippen molar-refractivity contribution in [3.05, 3.63) is 202 Å². The number of carbonyl (C=O) groups is 7. The molecular weight excluding hydrogens is 1120 g/mol. The number of halogens is 1. The highest BCUT2D eigenvalue weighted by molar-refractivity contribution is 6.74. The third kappa shape index (κ3) is 16.7. The van der Waals surface area contributed by atoms with E-state index in [1.165, 1.54) is 24.0 Å². The number of hydrogen-bond acceptors (Lipinski definition) is 11. The molecule has 0 unspecified atom stereocenters. The zero-order valence-corrected chi connectivity index (χ0v) is 50.5. The number of aliphatic hydroxyl groups excluding tert-OH is 1. The minimum Gasteiger partial charge on any atom is -0.544 e. The van der Waals surface area contributed by atoms with Crippen molar-refractivity contribution >= 4 is 61.3 Å². The second-order valence-electron chi connectivity index (χ2n) is 22.9. The standard InChI is InChI=1S/C65H77ClN8O10Si/c1-42(69-61(81)53(38-45-30-34-49(35-31-45)84-85(5,6)64(2,3)4)73-65(46-21-12-8-13-22-46,47-23-14-9-15-24-47)50-25-16-17-26-51(50)66)59(79)71-52(37-43-19-10-7-11-20-43)60(80)68-40-57(77)70-54(39-44-28-32-48(76)33-29-44)63(83)74-36-18-27-56(74)62(82)72-55(41-75)58(67)78/h7-17,19-26,28-35,42,52-56,73,75-76H,18,27,36-41H2,1-6H3,(H2,67,78)(H,68,80)(H,69,81)(H,70,77)(H,71,79)(H,72,82)/t42-,52+,53+,54+,55+,56+/m1/s1. The lowest BCUT2D eigenvalue weighted by molar-refractivity contribution is -0.142. The molecule has 6 atom stereocenters. The minimum atomic E-state index is -2.20. The zero-order chi connectivity index (χ0) is 61.5. The molecule has 1 saturated heterocycles. The van der Waals surface area contributed by atoms with Crippen LogP contribution in [0.25, 0.3) is 0 Å². The van der Waals surface area contributed by atoms with Gasteiger partial charge in [-0.3, -0.25) is 38.9 Å². The number of nitrogens with zero attached hydrogens (tertiary/aromatic N) is 1. The second-order valence-corrected chi connectivity index (χ2v) is 28.0. The maximum Gasteiger partial charge on any atom is 0.250 e. The van der Waals surface area contributed by atoms with Crippen LogP contribution in [0.2, 0.25) is 23.2 Å². The van der Waals surface area contributed by atoms with Gasteiger partial charge in [-0.15, -0.1) is 0 Å². The summed E-state index contributed by atoms with van der Waals surface area (Å²) in [6, 6.07) is 42.1. The van der Waals surface area contributed by atoms with Gasteiger partial charge in [0, 0.05) is 24.4 Å². The number of benzene rings is 6. The van der Waals surface area contributed by atoms with E-state index in [4.69, 9.17) is 21.8 Å². The van der Waals surface area contributed by atoms with Gasteiger partial charge in [0.2, 0.25) is 49.7 Å². The van der Waals surface area contributed by atoms with E-state index in [0.29, 0.717) is 33.9 Å². The molecule has 1 aliphatic heterocycles. The maximum atomic E-state index is 15.2. The molecule has 0 radical (unpaired) electrons. The average molecular weight is 1190 g/mol. The molecule has 0 aliphatic carbocycles. The fourth-order valence-electron chi connectivity index (χ4n) is 10.0. The van der Waals surface area contributed by atoms with E-state index in [9.17, 15) is 39.0 Å². The Morgan fingerprint density at radius 2 is 1.18 bits per heavy atom. The van der Waals surface area contributed by atoms with Crippen molar-refractivity contribution in [3.8, 4) is 11.5 Å². The highest BCUT2D eigenvalue weighted by Gasteiger charge is 2.43. The molecule has 6 aromatic rings. The molecule has 10 N–H and O–H groups in total. The van der Waals surface area contributed by atoms with Crippen LogP contribution in [0.1, 0.15) is 73.9 Å². The Morgan fingerprint density at radius 3 is 1.74 bits per heavy atom. The lowest BCUT2D eigenvalue weighted by Crippen LogP contribution is -2.59. The van der Waals surface area contributed by atoms with Crippen LogP contribution in [0.4, 0.5) is 0 Å². The molecule has 0 aromatic heterocycles. The van der Waals surface area contributed by atoms with Gasteiger partial charge in [0.15, 0.2) is 0 Å². The Bertz CT molecular complexity index is 3220. The third-order valence-corrected chi connectivity index (χ3v) is 20.4. The summed E-state index contributed by atoms with van der Waals surface area (Å²) in [5.41, 5.74) is 8.40. The Labute approximate surface area is 502 Å². The number of nitrogens with one attached hydrogen (secondary N) is 6. The molecule has 1 aliphatic rings. The molecule has 18 nitrogen and oxygen atoms in total. The minimum absolute atomic E-state index is 0.0121. The summed E-state index contributed by atoms with van der Waals surface area (Å²) < 4.78 is 6.61. The van der Waals surface area contributed by atoms with Crippen LogP contribution < -0.4 is 42.1 Å². The van der Waals surface area contributed by atoms with Crippen LogP contribution in [0, 0.1) is 0 Å². The molecular formula is C65H77ClN8O10Si. The van der Waals surface area contributed by atoms with Gasteiger partial charge in [0.05, 0.1) is 24.7 Å². The number of amides is 7. The largest absolute Gasteiger partial charge is 0.544 e. The van der Waals surface area contributed by atoms with E-state index >= 15 is 4.79 Å². The zero-order valence-electron chi connectivity index (χ0n) is 48.8. The summed E-state index contributed by atoms with van der Waals surface area (Å²) in [5, 5.41) is 37.2. The van der Waals surface area contributed by atoms with Crippen molar-refractivity contribution in [1.29, 1.82) is 0 Å². The van der Waals surface area contributed by atoms with Crippen molar-refractivity contribution in [3.63, 3.8) is 0 Å². The van der Waals surface area contributed by atoms with E-state index < -0.39 is 105 Å². The van der Waals surface area contributed by atoms with Crippen molar-refractivity contribution in [2.24, 2.45) is 5.73 Å². The highest BCUT2D eigenvalue weighted by atomic mass is 35.5. The lowest BCUT2D eigenvalue weighted by atomic mass is 9.76. The van der Waals surface area contributed by atoms with Crippen LogP contribution in [0.3, 0.4) is 0 Å². The van der Waals surface area contributed by atoms with Crippen LogP contribution in [-0.2, 0) is 58.4 Å². The van der Waals surface area contributed by atoms with Gasteiger partial charge < -0.3 is 51.9 Å². The number of phenols is 1. The van der Waals surface area contributed by atoms with Crippen LogP contribution in [0.5, 0.6) is 11.5 Å². The summed E-state index contributed by atoms with van der Waals surface area (Å²) in [6.45, 7) is 11.1. The first kappa shape index (κ1) is 64.2. The highest BCUT2D eigenvalue weighted by Crippen LogP contribution is 2.41. The van der Waals surface area contributed by atoms with Crippen molar-refractivity contribution in [2.75, 3.05) is 19.7 Å². The van der Waals surface area contributed by atoms with Gasteiger partial charge in [0.25, 0.3) is 0 Å². The number of nitrogens with two attached hydrogens (primary N) is 1. The molecule has 1 heterocycles. The summed E-state index contributed by atoms with van der Waals surface area (Å²) in [5.74, 6) is -4.38. The number of likely N-dealkylation sites (tertiary alicyclic amines) is 1. The van der Waals surface area contributed by atoms with Gasteiger partial charge in [0.1, 0.15) is 41.7 Å². The molecule has 20 heteroatoms. The average Bonchev–Trinajstić information content (AvgIpc) is 3.99. The first-order valence-corrected chi connectivity index (χ1v) is 31.7. The Morgan fingerprint density at radius 1 is 0.647 bits per heavy atom. The third-order valence-electron chi connectivity index (χ3n) is 15.7. The SMILES string of the molecule is C[C@@H](NC(=O)[C@H](Cc1ccc(O[Si](C)(C)C(C)(C)C)cc1)NC(c1ccccc1)(c1ccccc1)c1ccccc1Cl)C(=O)N[C@@H](Cc1ccccc1)C(=O)NCC(=O)N[C@@H](Cc1ccc(O)cc1)C(=O)N1CCC[C@H]1C(=O)N[C@@H](CO)C(N)=O. The summed E-state index contributed by atoms with van der Waals surface area (Å²) in [7, 11) is -2.20. The topological polar surface area (TPSA) is 271 Å². The van der Waals surface area contributed by atoms with Crippen LogP contribution >= 0.6 is 11.6 Å². The number of rotatable bonds is 26. The summed E-state index contributed by atoms with van der Waals surface area (Å²) >= 11 is 7.15. The molecule has 0 bridgehead atoms. The number of aliphatic hydroxyl groups is 1. The fraction of sp³-hybridized carbons (Fsp3) is 0.338. The molecule has 1 fully saturated rings. The quantitative estimate of drug-likeness (QED) is 0.0226. The number of primary amides is 1. The summed E-state index contributed by atoms with van der Waals surface area (Å²) in [6.07, 6.45) is 0.708. The van der Waals surface area contributed by atoms with E-state index in [1.54, 1.807) is 48.5 Å². The molecule has 7 amide bonds. The lowest BCUT2D eigenvalue weighted by Gasteiger charge is -2.40. The summed E-state index contributed by atoms with van der Waals surface area (Å²) in [4.78, 5) is 98.7. The molecule has 85 heavy (non-hydrogen) atoms. The molecule has 7 rings (SSSR count). The normalized spacial score (nSPS) is 15.2. The molecule has 0 saturated carbocycles. The van der Waals surface area contributed by atoms with Crippen molar-refractivity contribution in [1.82, 2.24) is 36.8 Å². The van der Waals surface area contributed by atoms with Gasteiger partial charge >= 0.3 is 0 Å². The van der Waals surface area contributed by atoms with Crippen LogP contribution in [-0.4, -0.2) is 121 Å². The van der Waals surface area contributed by atoms with Crippen molar-refractivity contribution in [2.45, 2.75) is 120 Å². The number of hydrogen-bond donors (Lipinski definition) is 9. The Kier molecular flexibility index (Phi) is 21.9. The van der Waals surface area contributed by atoms with Gasteiger partial charge in [-0.25, -0.2) is 0 Å². The predicted octanol–water partition coefficient (Wildman–Crippen LogP) is 5.95. The number of carbonyl (C=O) groups excluding carboxylic acids is 7. The van der Waals surface area contributed by atoms with E-state index in [0.717, 1.165) is 16.7 Å². The monoisotopic (exact) mass is 1190 g/mol. The van der Waals surface area contributed by atoms with Gasteiger partial charge in [-0.05, 0) is 108 Å². The second kappa shape index (κ2) is 29.0. The number of aromatic hydroxyl groups is 1. The first-order valence-electron chi connectivity index (χ1n) is 28.4. The molecule has 448 valence electrons. The smallest absolute Gasteiger partial charge is 0.250 e. The van der Waals surface area contributed by atoms with E-state index in [2.05, 4.69) is 65.8 Å². The van der Waals surface area contributed by atoms with Crippen LogP contribution in [0.15, 0.2) is 164 Å². The Hall–Kier alpha value is -8.36. The molecule has 0 spiro atoms. The van der Waals surface area contributed by atoms with E-state index in [1.807, 2.05) is 103 Å². The van der Waals surface area contributed by atoms with Crippen molar-refractivity contribution < 1.29 is 48.2 Å². The van der Waals surface area contributed by atoms with Gasteiger partial charge in [-0.2, -0.15) is 0 Å².